The Morgan fingerprint density at radius 3 is 2.72 bits per heavy atom. The van der Waals surface area contributed by atoms with E-state index >= 15 is 0 Å². The molecule has 3 nitrogen and oxygen atoms in total. The Kier molecular flexibility index (Phi) is 6.13. The fourth-order valence-corrected chi connectivity index (χ4v) is 1.47. The Morgan fingerprint density at radius 1 is 1.28 bits per heavy atom. The summed E-state index contributed by atoms with van der Waals surface area (Å²) in [6.07, 6.45) is 2.18. The third-order valence-electron chi connectivity index (χ3n) is 2.61. The number of aromatic nitrogens is 1. The lowest BCUT2D eigenvalue weighted by molar-refractivity contribution is 0.0941. The summed E-state index contributed by atoms with van der Waals surface area (Å²) in [5.74, 6) is 0.939. The van der Waals surface area contributed by atoms with Crippen LogP contribution >= 0.6 is 0 Å². The van der Waals surface area contributed by atoms with Crippen molar-refractivity contribution < 1.29 is 4.74 Å². The molecule has 0 atom stereocenters. The van der Waals surface area contributed by atoms with Gasteiger partial charge >= 0.3 is 0 Å². The van der Waals surface area contributed by atoms with Gasteiger partial charge < -0.3 is 10.1 Å². The summed E-state index contributed by atoms with van der Waals surface area (Å²) in [4.78, 5) is 4.51. The van der Waals surface area contributed by atoms with E-state index in [1.807, 2.05) is 18.2 Å². The van der Waals surface area contributed by atoms with Crippen molar-refractivity contribution in [1.82, 2.24) is 4.98 Å². The number of ether oxygens (including phenoxy) is 1. The Balaban J connectivity index is 2.33. The van der Waals surface area contributed by atoms with E-state index < -0.39 is 0 Å². The zero-order chi connectivity index (χ0) is 13.4. The molecular weight excluding hydrogens is 224 g/mol. The van der Waals surface area contributed by atoms with Crippen molar-refractivity contribution in [1.29, 1.82) is 0 Å². The SMILES string of the molecule is CCCNc1cccc(COCCC(C)(C)C)n1. The second kappa shape index (κ2) is 7.37. The van der Waals surface area contributed by atoms with Gasteiger partial charge in [-0.3, -0.25) is 0 Å². The molecule has 0 aliphatic carbocycles. The fourth-order valence-electron chi connectivity index (χ4n) is 1.47. The Labute approximate surface area is 111 Å². The van der Waals surface area contributed by atoms with Crippen molar-refractivity contribution in [2.24, 2.45) is 5.41 Å². The molecule has 0 radical (unpaired) electrons. The molecule has 3 heteroatoms. The zero-order valence-corrected chi connectivity index (χ0v) is 12.1. The molecule has 0 aromatic carbocycles. The van der Waals surface area contributed by atoms with Crippen LogP contribution in [-0.4, -0.2) is 18.1 Å². The van der Waals surface area contributed by atoms with Gasteiger partial charge in [-0.05, 0) is 30.4 Å². The summed E-state index contributed by atoms with van der Waals surface area (Å²) in [5, 5.41) is 3.28. The first kappa shape index (κ1) is 15.0. The minimum Gasteiger partial charge on any atom is -0.375 e. The summed E-state index contributed by atoms with van der Waals surface area (Å²) in [6, 6.07) is 6.02. The van der Waals surface area contributed by atoms with Crippen LogP contribution in [0.3, 0.4) is 0 Å². The maximum absolute atomic E-state index is 5.66. The molecular formula is C15H26N2O. The van der Waals surface area contributed by atoms with E-state index in [1.165, 1.54) is 0 Å². The van der Waals surface area contributed by atoms with Crippen molar-refractivity contribution in [2.75, 3.05) is 18.5 Å². The highest BCUT2D eigenvalue weighted by atomic mass is 16.5. The van der Waals surface area contributed by atoms with E-state index in [2.05, 4.69) is 38.0 Å². The first-order valence-electron chi connectivity index (χ1n) is 6.79. The molecule has 1 rings (SSSR count). The lowest BCUT2D eigenvalue weighted by atomic mass is 9.93. The molecule has 0 unspecified atom stereocenters. The molecule has 102 valence electrons. The summed E-state index contributed by atoms with van der Waals surface area (Å²) in [5.41, 5.74) is 1.32. The smallest absolute Gasteiger partial charge is 0.126 e. The van der Waals surface area contributed by atoms with Gasteiger partial charge in [-0.2, -0.15) is 0 Å². The highest BCUT2D eigenvalue weighted by molar-refractivity contribution is 5.34. The summed E-state index contributed by atoms with van der Waals surface area (Å²) >= 11 is 0. The van der Waals surface area contributed by atoms with Crippen molar-refractivity contribution in [3.05, 3.63) is 23.9 Å². The second-order valence-electron chi connectivity index (χ2n) is 5.80. The van der Waals surface area contributed by atoms with Crippen LogP contribution in [0.2, 0.25) is 0 Å². The predicted octanol–water partition coefficient (Wildman–Crippen LogP) is 3.86. The van der Waals surface area contributed by atoms with Crippen molar-refractivity contribution in [3.8, 4) is 0 Å². The van der Waals surface area contributed by atoms with Crippen molar-refractivity contribution in [3.63, 3.8) is 0 Å². The van der Waals surface area contributed by atoms with Crippen molar-refractivity contribution in [2.45, 2.75) is 47.1 Å². The molecule has 0 aliphatic rings. The Hall–Kier alpha value is -1.09. The van der Waals surface area contributed by atoms with E-state index in [-0.39, 0.29) is 0 Å². The van der Waals surface area contributed by atoms with Crippen LogP contribution in [0.4, 0.5) is 5.82 Å². The summed E-state index contributed by atoms with van der Waals surface area (Å²) < 4.78 is 5.66. The molecule has 1 aromatic rings. The van der Waals surface area contributed by atoms with Crippen LogP contribution in [0.25, 0.3) is 0 Å². The minimum atomic E-state index is 0.331. The molecule has 1 heterocycles. The summed E-state index contributed by atoms with van der Waals surface area (Å²) in [6.45, 7) is 11.2. The lowest BCUT2D eigenvalue weighted by Crippen LogP contribution is -2.10. The number of pyridine rings is 1. The predicted molar refractivity (Wildman–Crippen MR) is 76.7 cm³/mol. The van der Waals surface area contributed by atoms with Gasteiger partial charge in [0.25, 0.3) is 0 Å². The molecule has 0 saturated heterocycles. The van der Waals surface area contributed by atoms with Gasteiger partial charge in [0.05, 0.1) is 12.3 Å². The molecule has 0 aliphatic heterocycles. The second-order valence-corrected chi connectivity index (χ2v) is 5.80. The van der Waals surface area contributed by atoms with Gasteiger partial charge in [-0.25, -0.2) is 4.98 Å². The van der Waals surface area contributed by atoms with Crippen LogP contribution < -0.4 is 5.32 Å². The fraction of sp³-hybridized carbons (Fsp3) is 0.667. The van der Waals surface area contributed by atoms with E-state index in [9.17, 15) is 0 Å². The van der Waals surface area contributed by atoms with Gasteiger partial charge in [0, 0.05) is 13.2 Å². The van der Waals surface area contributed by atoms with Gasteiger partial charge in [-0.1, -0.05) is 33.8 Å². The largest absolute Gasteiger partial charge is 0.375 e. The van der Waals surface area contributed by atoms with E-state index in [0.717, 1.165) is 37.5 Å². The van der Waals surface area contributed by atoms with Gasteiger partial charge in [0.15, 0.2) is 0 Å². The van der Waals surface area contributed by atoms with Crippen LogP contribution in [0, 0.1) is 5.41 Å². The van der Waals surface area contributed by atoms with Crippen LogP contribution in [0.5, 0.6) is 0 Å². The average Bonchev–Trinajstić information content (AvgIpc) is 2.31. The molecule has 1 N–H and O–H groups in total. The number of anilines is 1. The van der Waals surface area contributed by atoms with Crippen molar-refractivity contribution >= 4 is 5.82 Å². The van der Waals surface area contributed by atoms with E-state index in [0.29, 0.717) is 12.0 Å². The third kappa shape index (κ3) is 6.60. The van der Waals surface area contributed by atoms with Gasteiger partial charge in [-0.15, -0.1) is 0 Å². The first-order chi connectivity index (χ1) is 8.51. The highest BCUT2D eigenvalue weighted by Crippen LogP contribution is 2.18. The number of hydrogen-bond acceptors (Lipinski definition) is 3. The molecule has 18 heavy (non-hydrogen) atoms. The maximum Gasteiger partial charge on any atom is 0.126 e. The first-order valence-corrected chi connectivity index (χ1v) is 6.79. The van der Waals surface area contributed by atoms with E-state index in [4.69, 9.17) is 4.74 Å². The quantitative estimate of drug-likeness (QED) is 0.746. The monoisotopic (exact) mass is 250 g/mol. The Morgan fingerprint density at radius 2 is 2.06 bits per heavy atom. The highest BCUT2D eigenvalue weighted by Gasteiger charge is 2.09. The third-order valence-corrected chi connectivity index (χ3v) is 2.61. The number of nitrogens with one attached hydrogen (secondary N) is 1. The molecule has 0 saturated carbocycles. The van der Waals surface area contributed by atoms with Gasteiger partial charge in [0.2, 0.25) is 0 Å². The number of nitrogens with zero attached hydrogens (tertiary/aromatic N) is 1. The standard InChI is InChI=1S/C15H26N2O/c1-5-10-16-14-8-6-7-13(17-14)12-18-11-9-15(2,3)4/h6-8H,5,9-12H2,1-4H3,(H,16,17). The lowest BCUT2D eigenvalue weighted by Gasteiger charge is -2.17. The normalized spacial score (nSPS) is 11.6. The molecule has 0 bridgehead atoms. The minimum absolute atomic E-state index is 0.331. The van der Waals surface area contributed by atoms with Crippen LogP contribution in [0.1, 0.15) is 46.2 Å². The average molecular weight is 250 g/mol. The topological polar surface area (TPSA) is 34.1 Å². The molecule has 0 amide bonds. The zero-order valence-electron chi connectivity index (χ0n) is 12.1. The Bertz CT molecular complexity index is 345. The van der Waals surface area contributed by atoms with Gasteiger partial charge in [0.1, 0.15) is 5.82 Å². The van der Waals surface area contributed by atoms with Crippen LogP contribution in [-0.2, 0) is 11.3 Å². The summed E-state index contributed by atoms with van der Waals surface area (Å²) in [7, 11) is 0. The molecule has 0 spiro atoms. The molecule has 0 fully saturated rings. The molecule has 1 aromatic heterocycles. The number of rotatable bonds is 7. The van der Waals surface area contributed by atoms with E-state index in [1.54, 1.807) is 0 Å². The van der Waals surface area contributed by atoms with Crippen LogP contribution in [0.15, 0.2) is 18.2 Å². The number of hydrogen-bond donors (Lipinski definition) is 1. The maximum atomic E-state index is 5.66.